The molecule has 0 spiro atoms. The highest BCUT2D eigenvalue weighted by atomic mass is 16.5. The van der Waals surface area contributed by atoms with Crippen LogP contribution in [0.5, 0.6) is 5.75 Å². The summed E-state index contributed by atoms with van der Waals surface area (Å²) in [4.78, 5) is 21.6. The predicted octanol–water partition coefficient (Wildman–Crippen LogP) is 1.64. The van der Waals surface area contributed by atoms with E-state index in [9.17, 15) is 9.59 Å². The molecule has 0 aliphatic heterocycles. The molecule has 3 nitrogen and oxygen atoms in total. The molecule has 0 aliphatic rings. The van der Waals surface area contributed by atoms with Gasteiger partial charge in [-0.25, -0.2) is 0 Å². The third-order valence-corrected chi connectivity index (χ3v) is 1.92. The fraction of sp³-hybridized carbons (Fsp3) is 0.273. The van der Waals surface area contributed by atoms with E-state index in [4.69, 9.17) is 4.74 Å². The molecule has 0 aliphatic carbocycles. The lowest BCUT2D eigenvalue weighted by Gasteiger charge is -2.05. The van der Waals surface area contributed by atoms with Crippen molar-refractivity contribution in [2.45, 2.75) is 13.3 Å². The normalized spacial score (nSPS) is 9.57. The summed E-state index contributed by atoms with van der Waals surface area (Å²) in [5.41, 5.74) is 1.26. The van der Waals surface area contributed by atoms with Crippen LogP contribution in [0.4, 0.5) is 0 Å². The molecule has 0 saturated heterocycles. The smallest absolute Gasteiger partial charge is 0.150 e. The number of carbonyl (C=O) groups excluding carboxylic acids is 2. The van der Waals surface area contributed by atoms with E-state index in [2.05, 4.69) is 0 Å². The van der Waals surface area contributed by atoms with Gasteiger partial charge in [0.1, 0.15) is 17.8 Å². The van der Waals surface area contributed by atoms with Gasteiger partial charge in [0.15, 0.2) is 0 Å². The first-order chi connectivity index (χ1) is 6.67. The second-order valence-electron chi connectivity index (χ2n) is 3.06. The summed E-state index contributed by atoms with van der Waals surface area (Å²) in [5.74, 6) is 0.665. The van der Waals surface area contributed by atoms with Crippen molar-refractivity contribution in [1.82, 2.24) is 0 Å². The van der Waals surface area contributed by atoms with Gasteiger partial charge in [-0.2, -0.15) is 0 Å². The van der Waals surface area contributed by atoms with Crippen LogP contribution in [0, 0.1) is 0 Å². The highest BCUT2D eigenvalue weighted by molar-refractivity contribution is 5.84. The van der Waals surface area contributed by atoms with Crippen LogP contribution in [0.1, 0.15) is 22.8 Å². The number of ether oxygens (including phenoxy) is 1. The molecule has 0 radical (unpaired) electrons. The number of Topliss-reactive ketones (excluding diaryl/α,β-unsaturated/α-hetero) is 1. The topological polar surface area (TPSA) is 43.4 Å². The summed E-state index contributed by atoms with van der Waals surface area (Å²) in [6.45, 7) is 1.50. The number of aldehydes is 1. The van der Waals surface area contributed by atoms with Gasteiger partial charge in [0.05, 0.1) is 7.11 Å². The summed E-state index contributed by atoms with van der Waals surface area (Å²) in [6, 6.07) is 5.11. The first-order valence-corrected chi connectivity index (χ1v) is 4.29. The molecule has 0 aromatic heterocycles. The lowest BCUT2D eigenvalue weighted by Crippen LogP contribution is -2.00. The molecule has 0 atom stereocenters. The number of carbonyl (C=O) groups is 2. The van der Waals surface area contributed by atoms with Crippen LogP contribution < -0.4 is 4.74 Å². The molecular formula is C11H12O3. The maximum Gasteiger partial charge on any atom is 0.150 e. The average Bonchev–Trinajstić information content (AvgIpc) is 2.17. The number of ketones is 1. The molecule has 0 unspecified atom stereocenters. The largest absolute Gasteiger partial charge is 0.497 e. The van der Waals surface area contributed by atoms with Gasteiger partial charge in [-0.05, 0) is 24.6 Å². The van der Waals surface area contributed by atoms with E-state index in [0.29, 0.717) is 11.3 Å². The van der Waals surface area contributed by atoms with Gasteiger partial charge < -0.3 is 4.74 Å². The Hall–Kier alpha value is -1.64. The Morgan fingerprint density at radius 3 is 2.71 bits per heavy atom. The zero-order valence-corrected chi connectivity index (χ0v) is 8.24. The Kier molecular flexibility index (Phi) is 3.40. The lowest BCUT2D eigenvalue weighted by molar-refractivity contribution is -0.116. The van der Waals surface area contributed by atoms with E-state index in [1.165, 1.54) is 14.0 Å². The van der Waals surface area contributed by atoms with Gasteiger partial charge in [-0.1, -0.05) is 6.07 Å². The maximum atomic E-state index is 10.9. The van der Waals surface area contributed by atoms with Gasteiger partial charge in [0, 0.05) is 12.0 Å². The molecule has 0 N–H and O–H groups in total. The molecule has 74 valence electrons. The summed E-state index contributed by atoms with van der Waals surface area (Å²) in [5, 5.41) is 0. The molecule has 0 saturated carbocycles. The zero-order valence-electron chi connectivity index (χ0n) is 8.24. The predicted molar refractivity (Wildman–Crippen MR) is 52.8 cm³/mol. The van der Waals surface area contributed by atoms with Crippen molar-refractivity contribution in [2.75, 3.05) is 7.11 Å². The maximum absolute atomic E-state index is 10.9. The summed E-state index contributed by atoms with van der Waals surface area (Å²) in [7, 11) is 1.54. The summed E-state index contributed by atoms with van der Waals surface area (Å²) >= 11 is 0. The van der Waals surface area contributed by atoms with Crippen LogP contribution >= 0.6 is 0 Å². The van der Waals surface area contributed by atoms with Crippen LogP contribution in [0.25, 0.3) is 0 Å². The minimum atomic E-state index is 0.0401. The number of rotatable bonds is 4. The molecule has 0 bridgehead atoms. The van der Waals surface area contributed by atoms with E-state index < -0.39 is 0 Å². The van der Waals surface area contributed by atoms with Crippen molar-refractivity contribution in [3.8, 4) is 5.75 Å². The average molecular weight is 192 g/mol. The van der Waals surface area contributed by atoms with Crippen LogP contribution in [0.2, 0.25) is 0 Å². The summed E-state index contributed by atoms with van der Waals surface area (Å²) in [6.07, 6.45) is 1.03. The third kappa shape index (κ3) is 2.42. The Bertz CT molecular complexity index is 356. The van der Waals surface area contributed by atoms with Gasteiger partial charge in [0.25, 0.3) is 0 Å². The SMILES string of the molecule is COc1ccc(CC(C)=O)c(C=O)c1. The van der Waals surface area contributed by atoms with E-state index in [1.807, 2.05) is 0 Å². The van der Waals surface area contributed by atoms with Gasteiger partial charge in [-0.3, -0.25) is 9.59 Å². The second kappa shape index (κ2) is 4.56. The van der Waals surface area contributed by atoms with Crippen LogP contribution in [0.3, 0.4) is 0 Å². The molecular weight excluding hydrogens is 180 g/mol. The molecule has 0 amide bonds. The number of methoxy groups -OCH3 is 1. The standard InChI is InChI=1S/C11H12O3/c1-8(13)5-9-3-4-11(14-2)6-10(9)7-12/h3-4,6-7H,5H2,1-2H3. The quantitative estimate of drug-likeness (QED) is 0.681. The third-order valence-electron chi connectivity index (χ3n) is 1.92. The van der Waals surface area contributed by atoms with E-state index in [0.717, 1.165) is 11.8 Å². The minimum Gasteiger partial charge on any atom is -0.497 e. The Balaban J connectivity index is 3.04. The van der Waals surface area contributed by atoms with Crippen molar-refractivity contribution in [3.63, 3.8) is 0 Å². The number of hydrogen-bond acceptors (Lipinski definition) is 3. The van der Waals surface area contributed by atoms with Gasteiger partial charge in [0.2, 0.25) is 0 Å². The van der Waals surface area contributed by atoms with Crippen molar-refractivity contribution < 1.29 is 14.3 Å². The molecule has 3 heteroatoms. The van der Waals surface area contributed by atoms with Crippen molar-refractivity contribution >= 4 is 12.1 Å². The van der Waals surface area contributed by atoms with Gasteiger partial charge in [-0.15, -0.1) is 0 Å². The fourth-order valence-electron chi connectivity index (χ4n) is 1.24. The Morgan fingerprint density at radius 1 is 1.50 bits per heavy atom. The molecule has 1 rings (SSSR count). The molecule has 0 fully saturated rings. The number of benzene rings is 1. The molecule has 1 aromatic carbocycles. The van der Waals surface area contributed by atoms with Crippen molar-refractivity contribution in [2.24, 2.45) is 0 Å². The summed E-state index contributed by atoms with van der Waals surface area (Å²) < 4.78 is 4.97. The highest BCUT2D eigenvalue weighted by Gasteiger charge is 2.05. The van der Waals surface area contributed by atoms with Crippen molar-refractivity contribution in [3.05, 3.63) is 29.3 Å². The fourth-order valence-corrected chi connectivity index (χ4v) is 1.24. The van der Waals surface area contributed by atoms with Crippen molar-refractivity contribution in [1.29, 1.82) is 0 Å². The zero-order chi connectivity index (χ0) is 10.6. The first-order valence-electron chi connectivity index (χ1n) is 4.29. The van der Waals surface area contributed by atoms with Crippen LogP contribution in [0.15, 0.2) is 18.2 Å². The van der Waals surface area contributed by atoms with Gasteiger partial charge >= 0.3 is 0 Å². The van der Waals surface area contributed by atoms with E-state index >= 15 is 0 Å². The Labute approximate surface area is 82.7 Å². The monoisotopic (exact) mass is 192 g/mol. The van der Waals surface area contributed by atoms with Crippen LogP contribution in [-0.4, -0.2) is 19.2 Å². The number of hydrogen-bond donors (Lipinski definition) is 0. The Morgan fingerprint density at radius 2 is 2.21 bits per heavy atom. The van der Waals surface area contributed by atoms with Crippen LogP contribution in [-0.2, 0) is 11.2 Å². The lowest BCUT2D eigenvalue weighted by atomic mass is 10.0. The van der Waals surface area contributed by atoms with E-state index in [-0.39, 0.29) is 12.2 Å². The molecule has 0 heterocycles. The minimum absolute atomic E-state index is 0.0401. The molecule has 14 heavy (non-hydrogen) atoms. The van der Waals surface area contributed by atoms with E-state index in [1.54, 1.807) is 18.2 Å². The highest BCUT2D eigenvalue weighted by Crippen LogP contribution is 2.16. The second-order valence-corrected chi connectivity index (χ2v) is 3.06. The first kappa shape index (κ1) is 10.4. The molecule has 1 aromatic rings.